The highest BCUT2D eigenvalue weighted by molar-refractivity contribution is 6.07. The molecule has 1 N–H and O–H groups in total. The number of hydrogen-bond acceptors (Lipinski definition) is 5. The maximum absolute atomic E-state index is 14.0. The fourth-order valence-electron chi connectivity index (χ4n) is 5.63. The number of rotatable bonds is 5. The summed E-state index contributed by atoms with van der Waals surface area (Å²) < 4.78 is 27.4. The van der Waals surface area contributed by atoms with Gasteiger partial charge in [0.05, 0.1) is 34.4 Å². The zero-order valence-corrected chi connectivity index (χ0v) is 21.2. The summed E-state index contributed by atoms with van der Waals surface area (Å²) in [4.78, 5) is 4.92. The Labute approximate surface area is 214 Å². The molecule has 3 aromatic heterocycles. The fraction of sp³-hybridized carbons (Fsp3) is 0.333. The van der Waals surface area contributed by atoms with Gasteiger partial charge in [-0.05, 0) is 74.9 Å². The van der Waals surface area contributed by atoms with Crippen molar-refractivity contribution in [2.75, 3.05) is 13.2 Å². The zero-order valence-electron chi connectivity index (χ0n) is 21.2. The van der Waals surface area contributed by atoms with Gasteiger partial charge < -0.3 is 18.9 Å². The van der Waals surface area contributed by atoms with Gasteiger partial charge in [-0.2, -0.15) is 0 Å². The summed E-state index contributed by atoms with van der Waals surface area (Å²) in [7, 11) is 0. The van der Waals surface area contributed by atoms with Crippen LogP contribution in [0.4, 0.5) is 4.39 Å². The summed E-state index contributed by atoms with van der Waals surface area (Å²) in [6.45, 7) is 6.86. The SMILES string of the molecule is Cc1oncc1-c1cnc2c3ccc(C(C)(C)O)cc3n(C(c3ccc(F)cc3)C3CCOCC3)c2c1. The number of aryl methyl sites for hydroxylation is 1. The topological polar surface area (TPSA) is 73.3 Å². The summed E-state index contributed by atoms with van der Waals surface area (Å²) in [5, 5.41) is 15.8. The van der Waals surface area contributed by atoms with Gasteiger partial charge in [-0.1, -0.05) is 29.4 Å². The Morgan fingerprint density at radius 2 is 1.78 bits per heavy atom. The van der Waals surface area contributed by atoms with Crippen molar-refractivity contribution < 1.29 is 18.8 Å². The van der Waals surface area contributed by atoms with Crippen molar-refractivity contribution in [3.63, 3.8) is 0 Å². The van der Waals surface area contributed by atoms with Crippen molar-refractivity contribution in [2.45, 2.75) is 45.3 Å². The van der Waals surface area contributed by atoms with Crippen LogP contribution in [0.5, 0.6) is 0 Å². The molecule has 0 spiro atoms. The van der Waals surface area contributed by atoms with Crippen molar-refractivity contribution in [3.8, 4) is 11.1 Å². The van der Waals surface area contributed by atoms with Crippen LogP contribution in [0.2, 0.25) is 0 Å². The molecule has 7 heteroatoms. The van der Waals surface area contributed by atoms with Crippen LogP contribution in [0.25, 0.3) is 33.1 Å². The smallest absolute Gasteiger partial charge is 0.141 e. The summed E-state index contributed by atoms with van der Waals surface area (Å²) in [6.07, 6.45) is 5.36. The maximum atomic E-state index is 14.0. The van der Waals surface area contributed by atoms with E-state index in [1.54, 1.807) is 20.0 Å². The van der Waals surface area contributed by atoms with E-state index in [0.717, 1.165) is 62.8 Å². The van der Waals surface area contributed by atoms with Crippen LogP contribution in [0, 0.1) is 18.7 Å². The molecule has 6 nitrogen and oxygen atoms in total. The number of hydrogen-bond donors (Lipinski definition) is 1. The molecule has 1 unspecified atom stereocenters. The van der Waals surface area contributed by atoms with E-state index in [-0.39, 0.29) is 17.8 Å². The van der Waals surface area contributed by atoms with Crippen molar-refractivity contribution >= 4 is 21.9 Å². The number of halogens is 1. The molecule has 1 fully saturated rings. The van der Waals surface area contributed by atoms with Crippen LogP contribution >= 0.6 is 0 Å². The molecule has 37 heavy (non-hydrogen) atoms. The quantitative estimate of drug-likeness (QED) is 0.297. The van der Waals surface area contributed by atoms with Crippen LogP contribution < -0.4 is 0 Å². The Morgan fingerprint density at radius 1 is 1.03 bits per heavy atom. The molecule has 5 aromatic rings. The van der Waals surface area contributed by atoms with Crippen molar-refractivity contribution in [3.05, 3.63) is 83.6 Å². The van der Waals surface area contributed by atoms with Crippen molar-refractivity contribution in [2.24, 2.45) is 5.92 Å². The van der Waals surface area contributed by atoms with Crippen LogP contribution in [0.3, 0.4) is 0 Å². The first-order chi connectivity index (χ1) is 17.8. The molecular formula is C30H30FN3O3. The Hall–Kier alpha value is -3.55. The number of ether oxygens (including phenoxy) is 1. The molecule has 0 radical (unpaired) electrons. The monoisotopic (exact) mass is 499 g/mol. The van der Waals surface area contributed by atoms with E-state index in [1.807, 2.05) is 37.4 Å². The molecule has 190 valence electrons. The average Bonchev–Trinajstić information content (AvgIpc) is 3.46. The van der Waals surface area contributed by atoms with E-state index in [1.165, 1.54) is 12.1 Å². The lowest BCUT2D eigenvalue weighted by atomic mass is 9.86. The Bertz CT molecular complexity index is 1570. The Balaban J connectivity index is 1.68. The van der Waals surface area contributed by atoms with Crippen LogP contribution in [0.15, 0.2) is 65.4 Å². The van der Waals surface area contributed by atoms with E-state index in [9.17, 15) is 9.50 Å². The van der Waals surface area contributed by atoms with Gasteiger partial charge in [0.15, 0.2) is 0 Å². The third-order valence-corrected chi connectivity index (χ3v) is 7.61. The van der Waals surface area contributed by atoms with Gasteiger partial charge in [0.1, 0.15) is 11.6 Å². The highest BCUT2D eigenvalue weighted by Gasteiger charge is 2.31. The largest absolute Gasteiger partial charge is 0.386 e. The molecule has 1 aliphatic rings. The lowest BCUT2D eigenvalue weighted by Crippen LogP contribution is -2.27. The van der Waals surface area contributed by atoms with Crippen LogP contribution in [-0.4, -0.2) is 33.0 Å². The minimum atomic E-state index is -1.00. The van der Waals surface area contributed by atoms with E-state index < -0.39 is 5.60 Å². The molecule has 1 aliphatic heterocycles. The van der Waals surface area contributed by atoms with E-state index >= 15 is 0 Å². The first-order valence-electron chi connectivity index (χ1n) is 12.7. The molecule has 1 saturated heterocycles. The molecule has 6 rings (SSSR count). The lowest BCUT2D eigenvalue weighted by molar-refractivity contribution is 0.0552. The number of benzene rings is 2. The van der Waals surface area contributed by atoms with Gasteiger partial charge in [-0.25, -0.2) is 4.39 Å². The minimum Gasteiger partial charge on any atom is -0.386 e. The molecule has 0 aliphatic carbocycles. The van der Waals surface area contributed by atoms with Crippen molar-refractivity contribution in [1.29, 1.82) is 0 Å². The standard InChI is InChI=1S/C30H30FN3O3/c1-18-25(17-33-37-18)21-14-27-28(32-16-21)24-9-6-22(30(2,3)35)15-26(24)34(27)29(20-10-12-36-13-11-20)19-4-7-23(31)8-5-19/h4-9,14-17,20,29,35H,10-13H2,1-3H3. The van der Waals surface area contributed by atoms with Gasteiger partial charge >= 0.3 is 0 Å². The first-order valence-corrected chi connectivity index (χ1v) is 12.7. The van der Waals surface area contributed by atoms with E-state index in [0.29, 0.717) is 13.2 Å². The van der Waals surface area contributed by atoms with Gasteiger partial charge in [-0.3, -0.25) is 4.98 Å². The summed E-state index contributed by atoms with van der Waals surface area (Å²) in [5.41, 5.74) is 5.52. The molecule has 0 amide bonds. The molecule has 4 heterocycles. The van der Waals surface area contributed by atoms with Gasteiger partial charge in [0.2, 0.25) is 0 Å². The fourth-order valence-corrected chi connectivity index (χ4v) is 5.63. The van der Waals surface area contributed by atoms with Crippen LogP contribution in [-0.2, 0) is 10.3 Å². The first kappa shape index (κ1) is 23.8. The second kappa shape index (κ2) is 9.08. The second-order valence-corrected chi connectivity index (χ2v) is 10.5. The number of fused-ring (bicyclic) bond motifs is 3. The average molecular weight is 500 g/mol. The zero-order chi connectivity index (χ0) is 25.7. The number of aromatic nitrogens is 3. The van der Waals surface area contributed by atoms with Gasteiger partial charge in [0.25, 0.3) is 0 Å². The van der Waals surface area contributed by atoms with Crippen molar-refractivity contribution in [1.82, 2.24) is 14.7 Å². The summed E-state index contributed by atoms with van der Waals surface area (Å²) in [5.74, 6) is 0.755. The number of nitrogens with zero attached hydrogens (tertiary/aromatic N) is 3. The summed E-state index contributed by atoms with van der Waals surface area (Å²) in [6, 6.07) is 15.0. The van der Waals surface area contributed by atoms with Crippen LogP contribution in [0.1, 0.15) is 49.6 Å². The highest BCUT2D eigenvalue weighted by Crippen LogP contribution is 2.42. The maximum Gasteiger partial charge on any atom is 0.141 e. The Morgan fingerprint density at radius 3 is 2.46 bits per heavy atom. The molecule has 0 bridgehead atoms. The molecule has 2 aromatic carbocycles. The minimum absolute atomic E-state index is 0.0674. The third-order valence-electron chi connectivity index (χ3n) is 7.61. The van der Waals surface area contributed by atoms with E-state index in [2.05, 4.69) is 21.9 Å². The molecule has 1 atom stereocenters. The third kappa shape index (κ3) is 4.22. The van der Waals surface area contributed by atoms with E-state index in [4.69, 9.17) is 14.2 Å². The van der Waals surface area contributed by atoms with Gasteiger partial charge in [-0.15, -0.1) is 0 Å². The Kier molecular flexibility index (Phi) is 5.85. The normalized spacial score (nSPS) is 16.0. The number of aliphatic hydroxyl groups is 1. The molecular weight excluding hydrogens is 469 g/mol. The number of pyridine rings is 1. The predicted octanol–water partition coefficient (Wildman–Crippen LogP) is 6.54. The second-order valence-electron chi connectivity index (χ2n) is 10.5. The molecule has 0 saturated carbocycles. The highest BCUT2D eigenvalue weighted by atomic mass is 19.1. The lowest BCUT2D eigenvalue weighted by Gasteiger charge is -2.33. The predicted molar refractivity (Wildman–Crippen MR) is 141 cm³/mol. The summed E-state index contributed by atoms with van der Waals surface area (Å²) >= 11 is 0. The van der Waals surface area contributed by atoms with Gasteiger partial charge in [0, 0.05) is 35.9 Å².